The number of anilines is 1. The van der Waals surface area contributed by atoms with Crippen LogP contribution in [0.1, 0.15) is 97.1 Å². The van der Waals surface area contributed by atoms with Gasteiger partial charge < -0.3 is 39.0 Å². The number of benzene rings is 2. The van der Waals surface area contributed by atoms with Gasteiger partial charge in [-0.3, -0.25) is 38.9 Å². The standard InChI is InChI=1S/C62H82F4N10O7.4H2S/c1-39(2)53(72(11)58(81)61(63)22-25-74(26-23-61)51(77)20-21-60(6,7)70(8)9)55(78)68-49-32-41-15-13-16-42(31-41)43-18-19-50-45(33-43)47(35-59(4,5)38-83-57(80)48-17-14-24-76(69-48)56(49)79)54(75(50)37-62(64,65)66)46-34-44(36-67-52(46)40(3)82-12)73-29-27-71(10)28-30-73;;;;/h13,15-16,18-19,31,33-34,36,39-40,48-49,53,69H,14,17,22-30,32,35,37-38H2,1-12H3,(H,68,78);4*1H2/t40-,48-,49-,53-;;;;/m0..../s1. The van der Waals surface area contributed by atoms with E-state index in [1.807, 2.05) is 84.9 Å². The molecule has 17 nitrogen and oxygen atoms in total. The second-order valence-electron chi connectivity index (χ2n) is 24.8. The van der Waals surface area contributed by atoms with Crippen molar-refractivity contribution in [1.82, 2.24) is 44.9 Å². The maximum atomic E-state index is 16.9. The number of pyridine rings is 1. The minimum absolute atomic E-state index is 0. The van der Waals surface area contributed by atoms with Crippen molar-refractivity contribution in [2.75, 3.05) is 92.6 Å². The number of piperidine rings is 1. The summed E-state index contributed by atoms with van der Waals surface area (Å²) in [6, 6.07) is 11.1. The van der Waals surface area contributed by atoms with Gasteiger partial charge in [-0.1, -0.05) is 63.9 Å². The van der Waals surface area contributed by atoms with Gasteiger partial charge in [-0.15, -0.1) is 0 Å². The van der Waals surface area contributed by atoms with Gasteiger partial charge in [0, 0.05) is 101 Å². The Kier molecular flexibility index (Phi) is 25.7. The lowest BCUT2D eigenvalue weighted by Crippen LogP contribution is -2.63. The number of amides is 4. The molecule has 3 saturated heterocycles. The Morgan fingerprint density at radius 2 is 1.57 bits per heavy atom. The molecule has 6 heterocycles. The number of hydrogen-bond donors (Lipinski definition) is 2. The van der Waals surface area contributed by atoms with Gasteiger partial charge in [0.15, 0.2) is 5.67 Å². The molecular formula is C62H90F4N10O7S4. The number of nitrogens with zero attached hydrogens (tertiary/aromatic N) is 8. The normalized spacial score (nSPS) is 19.8. The molecular weight excluding hydrogens is 1200 g/mol. The third-order valence-corrected chi connectivity index (χ3v) is 17.0. The number of likely N-dealkylation sites (tertiary alicyclic amines) is 1. The summed E-state index contributed by atoms with van der Waals surface area (Å²) in [5.74, 6) is 1.77. The molecule has 4 atom stereocenters. The van der Waals surface area contributed by atoms with E-state index in [2.05, 4.69) is 32.4 Å². The summed E-state index contributed by atoms with van der Waals surface area (Å²) >= 11 is 0. The quantitative estimate of drug-likeness (QED) is 0.0858. The van der Waals surface area contributed by atoms with Crippen LogP contribution in [0.2, 0.25) is 0 Å². The maximum Gasteiger partial charge on any atom is 0.406 e. The maximum absolute atomic E-state index is 16.9. The summed E-state index contributed by atoms with van der Waals surface area (Å²) in [5.41, 5.74) is 4.19. The average molecular weight is 1290 g/mol. The molecule has 6 bridgehead atoms. The molecule has 0 radical (unpaired) electrons. The Labute approximate surface area is 538 Å². The molecule has 2 aromatic carbocycles. The first-order valence-electron chi connectivity index (χ1n) is 28.8. The first kappa shape index (κ1) is 74.3. The lowest BCUT2D eigenvalue weighted by atomic mass is 9.84. The first-order chi connectivity index (χ1) is 39.0. The Morgan fingerprint density at radius 3 is 2.20 bits per heavy atom. The molecule has 4 aliphatic rings. The van der Waals surface area contributed by atoms with Crippen LogP contribution in [-0.2, 0) is 52.8 Å². The van der Waals surface area contributed by atoms with Gasteiger partial charge in [0.05, 0.1) is 41.5 Å². The number of esters is 1. The summed E-state index contributed by atoms with van der Waals surface area (Å²) in [6.07, 6.45) is -3.27. The van der Waals surface area contributed by atoms with E-state index in [-0.39, 0.29) is 106 Å². The summed E-state index contributed by atoms with van der Waals surface area (Å²) in [4.78, 5) is 84.9. The van der Waals surface area contributed by atoms with Crippen LogP contribution in [0.25, 0.3) is 33.3 Å². The molecule has 87 heavy (non-hydrogen) atoms. The number of fused-ring (bicyclic) bond motifs is 6. The van der Waals surface area contributed by atoms with Crippen LogP contribution >= 0.6 is 54.0 Å². The van der Waals surface area contributed by atoms with Gasteiger partial charge in [-0.25, -0.2) is 9.82 Å². The lowest BCUT2D eigenvalue weighted by Gasteiger charge is -2.40. The molecule has 25 heteroatoms. The summed E-state index contributed by atoms with van der Waals surface area (Å²) < 4.78 is 75.6. The fraction of sp³-hybridized carbons (Fsp3) is 0.581. The van der Waals surface area contributed by atoms with Crippen molar-refractivity contribution in [1.29, 1.82) is 0 Å². The number of likely N-dealkylation sites (N-methyl/N-ethyl adjacent to an activating group) is 2. The number of methoxy groups -OCH3 is 1. The van der Waals surface area contributed by atoms with Crippen molar-refractivity contribution in [3.63, 3.8) is 0 Å². The second-order valence-corrected chi connectivity index (χ2v) is 24.8. The molecule has 0 saturated carbocycles. The molecule has 0 aliphatic carbocycles. The molecule has 8 rings (SSSR count). The van der Waals surface area contributed by atoms with Crippen molar-refractivity contribution < 1.29 is 51.0 Å². The SMILES string of the molecule is CO[C@@H](C)c1ncc(N2CCN(C)CC2)cc1-c1c2c3cc(ccc3n1CC(F)(F)F)-c1cccc(c1)C[C@H](NC(=O)[C@H](C(C)C)N(C)C(=O)C1(F)CCN(C(=O)C#CC(C)(C)N(C)C)CC1)C(=O)N1CCC[C@H](N1)C(=O)OCC(C)(C)C2.S.S.S.S. The number of hydrogen-bond acceptors (Lipinski definition) is 12. The zero-order chi connectivity index (χ0) is 60.5. The Balaban J connectivity index is 0.00000405. The van der Waals surface area contributed by atoms with E-state index >= 15 is 17.6 Å². The molecule has 482 valence electrons. The highest BCUT2D eigenvalue weighted by atomic mass is 32.1. The highest BCUT2D eigenvalue weighted by Crippen LogP contribution is 2.44. The molecule has 2 aromatic heterocycles. The van der Waals surface area contributed by atoms with Crippen molar-refractivity contribution >= 4 is 100 Å². The number of piperazine rings is 1. The predicted molar refractivity (Wildman–Crippen MR) is 352 cm³/mol. The van der Waals surface area contributed by atoms with Crippen LogP contribution in [0.5, 0.6) is 0 Å². The number of nitrogens with one attached hydrogen (secondary N) is 2. The molecule has 0 spiro atoms. The van der Waals surface area contributed by atoms with Gasteiger partial charge in [0.2, 0.25) is 5.91 Å². The molecule has 4 aliphatic heterocycles. The first-order valence-corrected chi connectivity index (χ1v) is 28.8. The predicted octanol–water partition coefficient (Wildman–Crippen LogP) is 7.65. The number of carbonyl (C=O) groups excluding carboxylic acids is 5. The Bertz CT molecular complexity index is 3150. The van der Waals surface area contributed by atoms with Crippen LogP contribution in [0.4, 0.5) is 23.2 Å². The minimum Gasteiger partial charge on any atom is -0.464 e. The van der Waals surface area contributed by atoms with E-state index in [9.17, 15) is 24.0 Å². The average Bonchev–Trinajstić information content (AvgIpc) is 3.59. The van der Waals surface area contributed by atoms with Crippen LogP contribution in [0.3, 0.4) is 0 Å². The lowest BCUT2D eigenvalue weighted by molar-refractivity contribution is -0.156. The van der Waals surface area contributed by atoms with Gasteiger partial charge in [-0.05, 0) is 113 Å². The topological polar surface area (TPSA) is 165 Å². The summed E-state index contributed by atoms with van der Waals surface area (Å²) in [7, 11) is 8.64. The van der Waals surface area contributed by atoms with Crippen molar-refractivity contribution in [3.05, 3.63) is 71.5 Å². The molecule has 0 unspecified atom stereocenters. The number of alkyl halides is 4. The summed E-state index contributed by atoms with van der Waals surface area (Å²) in [6.45, 7) is 14.4. The van der Waals surface area contributed by atoms with E-state index in [1.54, 1.807) is 44.3 Å². The molecule has 2 N–H and O–H groups in total. The largest absolute Gasteiger partial charge is 0.464 e. The van der Waals surface area contributed by atoms with Crippen LogP contribution < -0.4 is 15.6 Å². The van der Waals surface area contributed by atoms with Crippen LogP contribution in [0.15, 0.2) is 54.7 Å². The van der Waals surface area contributed by atoms with E-state index in [0.29, 0.717) is 76.0 Å². The van der Waals surface area contributed by atoms with Crippen LogP contribution in [-0.4, -0.2) is 187 Å². The van der Waals surface area contributed by atoms with Gasteiger partial charge in [0.25, 0.3) is 17.7 Å². The zero-order valence-corrected chi connectivity index (χ0v) is 56.1. The minimum atomic E-state index is -4.64. The second kappa shape index (κ2) is 30.1. The number of aromatic nitrogens is 2. The van der Waals surface area contributed by atoms with E-state index < -0.39 is 89.1 Å². The van der Waals surface area contributed by atoms with Crippen molar-refractivity contribution in [2.24, 2.45) is 11.3 Å². The Morgan fingerprint density at radius 1 is 0.920 bits per heavy atom. The van der Waals surface area contributed by atoms with Crippen molar-refractivity contribution in [2.45, 2.75) is 135 Å². The number of carbonyl (C=O) groups is 5. The monoisotopic (exact) mass is 1290 g/mol. The highest BCUT2D eigenvalue weighted by Gasteiger charge is 2.48. The Hall–Kier alpha value is -5.20. The highest BCUT2D eigenvalue weighted by molar-refractivity contribution is 7.59. The third-order valence-electron chi connectivity index (χ3n) is 17.0. The fourth-order valence-corrected chi connectivity index (χ4v) is 11.6. The fourth-order valence-electron chi connectivity index (χ4n) is 11.6. The third kappa shape index (κ3) is 17.2. The number of rotatable bonds is 11. The number of cyclic esters (lactones) is 1. The molecule has 3 fully saturated rings. The zero-order valence-electron chi connectivity index (χ0n) is 52.1. The van der Waals surface area contributed by atoms with E-state index in [0.717, 1.165) is 23.7 Å². The smallest absolute Gasteiger partial charge is 0.406 e. The van der Waals surface area contributed by atoms with Gasteiger partial charge in [0.1, 0.15) is 24.7 Å². The van der Waals surface area contributed by atoms with Crippen molar-refractivity contribution in [3.8, 4) is 34.2 Å². The number of ether oxygens (including phenoxy) is 2. The van der Waals surface area contributed by atoms with Crippen LogP contribution in [0, 0.1) is 23.2 Å². The van der Waals surface area contributed by atoms with Gasteiger partial charge >= 0.3 is 12.1 Å². The molecule has 4 aromatic rings. The summed E-state index contributed by atoms with van der Waals surface area (Å²) in [5, 5.41) is 4.80. The van der Waals surface area contributed by atoms with E-state index in [1.165, 1.54) is 28.6 Å². The number of hydrazine groups is 1. The van der Waals surface area contributed by atoms with E-state index in [4.69, 9.17) is 14.5 Å². The molecule has 4 amide bonds. The van der Waals surface area contributed by atoms with Gasteiger partial charge in [-0.2, -0.15) is 67.2 Å². The number of halogens is 4.